The number of hydrogen-bond donors (Lipinski definition) is 3. The van der Waals surface area contributed by atoms with Crippen molar-refractivity contribution < 1.29 is 9.59 Å². The van der Waals surface area contributed by atoms with Gasteiger partial charge in [0.05, 0.1) is 22.5 Å². The molecule has 0 saturated heterocycles. The molecule has 5 aromatic rings. The molecule has 0 amide bonds. The number of fused-ring (bicyclic) bond motifs is 2. The summed E-state index contributed by atoms with van der Waals surface area (Å²) in [6.07, 6.45) is 0. The summed E-state index contributed by atoms with van der Waals surface area (Å²) in [5, 5.41) is 10.1. The van der Waals surface area contributed by atoms with Crippen molar-refractivity contribution in [2.75, 3.05) is 16.0 Å². The predicted octanol–water partition coefficient (Wildman–Crippen LogP) is 7.69. The van der Waals surface area contributed by atoms with Crippen LogP contribution in [0.15, 0.2) is 121 Å². The highest BCUT2D eigenvalue weighted by molar-refractivity contribution is 6.32. The van der Waals surface area contributed by atoms with Crippen LogP contribution in [0, 0.1) is 0 Å². The Morgan fingerprint density at radius 2 is 0.703 bits per heavy atom. The third-order valence-corrected chi connectivity index (χ3v) is 6.35. The van der Waals surface area contributed by atoms with Gasteiger partial charge in [-0.15, -0.1) is 0 Å². The second-order valence-electron chi connectivity index (χ2n) is 8.80. The van der Waals surface area contributed by atoms with Crippen LogP contribution in [0.4, 0.5) is 34.1 Å². The molecular formula is C32H23N3O2. The molecule has 5 nitrogen and oxygen atoms in total. The normalized spacial score (nSPS) is 11.9. The minimum Gasteiger partial charge on any atom is -0.356 e. The number of rotatable bonds is 6. The van der Waals surface area contributed by atoms with Crippen molar-refractivity contribution in [2.45, 2.75) is 0 Å². The third-order valence-electron chi connectivity index (χ3n) is 6.35. The lowest BCUT2D eigenvalue weighted by Gasteiger charge is -2.24. The largest absolute Gasteiger partial charge is 0.356 e. The maximum Gasteiger partial charge on any atom is 0.196 e. The molecule has 0 aromatic heterocycles. The quantitative estimate of drug-likeness (QED) is 0.227. The summed E-state index contributed by atoms with van der Waals surface area (Å²) in [5.41, 5.74) is 6.37. The van der Waals surface area contributed by atoms with Crippen molar-refractivity contribution in [1.82, 2.24) is 0 Å². The van der Waals surface area contributed by atoms with Crippen molar-refractivity contribution in [2.24, 2.45) is 0 Å². The van der Waals surface area contributed by atoms with E-state index in [4.69, 9.17) is 0 Å². The first-order chi connectivity index (χ1) is 18.2. The first-order valence-corrected chi connectivity index (χ1v) is 12.0. The topological polar surface area (TPSA) is 70.2 Å². The maximum absolute atomic E-state index is 13.7. The smallest absolute Gasteiger partial charge is 0.196 e. The van der Waals surface area contributed by atoms with E-state index < -0.39 is 0 Å². The van der Waals surface area contributed by atoms with Gasteiger partial charge in [-0.2, -0.15) is 0 Å². The molecule has 0 saturated carbocycles. The van der Waals surface area contributed by atoms with Crippen molar-refractivity contribution in [3.05, 3.63) is 144 Å². The number of hydrogen-bond acceptors (Lipinski definition) is 5. The van der Waals surface area contributed by atoms with Gasteiger partial charge in [0.2, 0.25) is 0 Å². The summed E-state index contributed by atoms with van der Waals surface area (Å²) < 4.78 is 0. The summed E-state index contributed by atoms with van der Waals surface area (Å²) in [6, 6.07) is 38.1. The molecule has 0 radical (unpaired) electrons. The fourth-order valence-corrected chi connectivity index (χ4v) is 4.59. The highest BCUT2D eigenvalue weighted by atomic mass is 16.1. The molecule has 0 fully saturated rings. The fraction of sp³-hybridized carbons (Fsp3) is 0. The van der Waals surface area contributed by atoms with E-state index in [1.165, 1.54) is 0 Å². The maximum atomic E-state index is 13.7. The molecule has 0 atom stereocenters. The van der Waals surface area contributed by atoms with Crippen molar-refractivity contribution >= 4 is 45.7 Å². The van der Waals surface area contributed by atoms with Crippen LogP contribution < -0.4 is 16.0 Å². The Bertz CT molecular complexity index is 1610. The van der Waals surface area contributed by atoms with Crippen molar-refractivity contribution in [3.63, 3.8) is 0 Å². The lowest BCUT2D eigenvalue weighted by Crippen LogP contribution is -2.23. The Morgan fingerprint density at radius 1 is 0.351 bits per heavy atom. The van der Waals surface area contributed by atoms with Gasteiger partial charge in [0, 0.05) is 33.9 Å². The fourth-order valence-electron chi connectivity index (χ4n) is 4.59. The average molecular weight is 482 g/mol. The third kappa shape index (κ3) is 4.34. The molecule has 0 bridgehead atoms. The minimum atomic E-state index is -0.174. The van der Waals surface area contributed by atoms with Crippen molar-refractivity contribution in [3.8, 4) is 0 Å². The summed E-state index contributed by atoms with van der Waals surface area (Å²) in [6.45, 7) is 0. The molecule has 37 heavy (non-hydrogen) atoms. The van der Waals surface area contributed by atoms with E-state index in [0.717, 1.165) is 22.7 Å². The van der Waals surface area contributed by atoms with Gasteiger partial charge in [-0.05, 0) is 60.7 Å². The molecule has 0 aliphatic heterocycles. The molecule has 178 valence electrons. The molecule has 0 unspecified atom stereocenters. The second-order valence-corrected chi connectivity index (χ2v) is 8.80. The molecule has 0 spiro atoms. The number of para-hydroxylation sites is 2. The molecule has 0 heterocycles. The number of carbonyl (C=O) groups excluding carboxylic acids is 2. The van der Waals surface area contributed by atoms with E-state index in [2.05, 4.69) is 16.0 Å². The van der Waals surface area contributed by atoms with Crippen LogP contribution in [-0.4, -0.2) is 11.6 Å². The second kappa shape index (κ2) is 9.47. The van der Waals surface area contributed by atoms with Gasteiger partial charge >= 0.3 is 0 Å². The monoisotopic (exact) mass is 481 g/mol. The van der Waals surface area contributed by atoms with Gasteiger partial charge < -0.3 is 16.0 Å². The molecular weight excluding hydrogens is 458 g/mol. The van der Waals surface area contributed by atoms with Gasteiger partial charge in [0.1, 0.15) is 0 Å². The van der Waals surface area contributed by atoms with E-state index in [1.807, 2.05) is 97.1 Å². The standard InChI is InChI=1S/C32H23N3O2/c36-31-25-13-7-8-14-26(25)32(37)30-28(20-19-27(29(30)31)34-22-11-5-2-6-12-22)35-24-17-15-23(16-18-24)33-21-9-3-1-4-10-21/h1-20,33-35H. The van der Waals surface area contributed by atoms with Crippen molar-refractivity contribution in [1.29, 1.82) is 0 Å². The summed E-state index contributed by atoms with van der Waals surface area (Å²) in [5.74, 6) is -0.346. The molecule has 5 heteroatoms. The van der Waals surface area contributed by atoms with E-state index in [9.17, 15) is 9.59 Å². The first-order valence-electron chi connectivity index (χ1n) is 12.0. The zero-order valence-corrected chi connectivity index (χ0v) is 19.9. The average Bonchev–Trinajstić information content (AvgIpc) is 2.94. The van der Waals surface area contributed by atoms with Crippen LogP contribution in [0.25, 0.3) is 0 Å². The zero-order valence-electron chi connectivity index (χ0n) is 19.9. The number of carbonyl (C=O) groups is 2. The summed E-state index contributed by atoms with van der Waals surface area (Å²) >= 11 is 0. The zero-order chi connectivity index (χ0) is 25.2. The number of benzene rings is 5. The predicted molar refractivity (Wildman–Crippen MR) is 149 cm³/mol. The molecule has 5 aromatic carbocycles. The summed E-state index contributed by atoms with van der Waals surface area (Å²) in [7, 11) is 0. The Kier molecular flexibility index (Phi) is 5.71. The SMILES string of the molecule is O=C1c2ccccc2C(=O)c2c(Nc3ccc(Nc4ccccc4)cc3)ccc(Nc3ccccc3)c21. The highest BCUT2D eigenvalue weighted by Gasteiger charge is 2.34. The number of anilines is 6. The Hall–Kier alpha value is -5.16. The van der Waals surface area contributed by atoms with E-state index in [1.54, 1.807) is 24.3 Å². The van der Waals surface area contributed by atoms with E-state index in [0.29, 0.717) is 33.6 Å². The lowest BCUT2D eigenvalue weighted by molar-refractivity contribution is 0.0980. The lowest BCUT2D eigenvalue weighted by atomic mass is 9.82. The Labute approximate surface area is 214 Å². The van der Waals surface area contributed by atoms with Gasteiger partial charge in [-0.3, -0.25) is 9.59 Å². The Morgan fingerprint density at radius 3 is 1.16 bits per heavy atom. The number of nitrogens with one attached hydrogen (secondary N) is 3. The minimum absolute atomic E-state index is 0.172. The van der Waals surface area contributed by atoms with Crippen LogP contribution in [0.1, 0.15) is 31.8 Å². The van der Waals surface area contributed by atoms with E-state index in [-0.39, 0.29) is 11.6 Å². The summed E-state index contributed by atoms with van der Waals surface area (Å²) in [4.78, 5) is 27.4. The molecule has 1 aliphatic carbocycles. The van der Waals surface area contributed by atoms with Crippen LogP contribution in [0.5, 0.6) is 0 Å². The number of ketones is 2. The van der Waals surface area contributed by atoms with Crippen LogP contribution in [0.3, 0.4) is 0 Å². The van der Waals surface area contributed by atoms with Gasteiger partial charge in [0.25, 0.3) is 0 Å². The van der Waals surface area contributed by atoms with Crippen LogP contribution in [-0.2, 0) is 0 Å². The van der Waals surface area contributed by atoms with Crippen LogP contribution in [0.2, 0.25) is 0 Å². The Balaban J connectivity index is 1.37. The van der Waals surface area contributed by atoms with Gasteiger partial charge in [0.15, 0.2) is 11.6 Å². The van der Waals surface area contributed by atoms with Crippen LogP contribution >= 0.6 is 0 Å². The van der Waals surface area contributed by atoms with Gasteiger partial charge in [-0.1, -0.05) is 60.7 Å². The molecule has 3 N–H and O–H groups in total. The molecule has 1 aliphatic rings. The van der Waals surface area contributed by atoms with Gasteiger partial charge in [-0.25, -0.2) is 0 Å². The first kappa shape index (κ1) is 22.3. The molecule has 6 rings (SSSR count). The highest BCUT2D eigenvalue weighted by Crippen LogP contribution is 2.38. The van der Waals surface area contributed by atoms with E-state index >= 15 is 0 Å².